The Labute approximate surface area is 173 Å². The number of nitrogens with zero attached hydrogens (tertiary/aromatic N) is 3. The molecule has 1 fully saturated rings. The van der Waals surface area contributed by atoms with Gasteiger partial charge in [0.2, 0.25) is 10.0 Å². The number of aryl methyl sites for hydroxylation is 2. The molecule has 0 spiro atoms. The normalized spacial score (nSPS) is 21.7. The number of rotatable bonds is 4. The molecular weight excluding hydrogens is 416 g/mol. The van der Waals surface area contributed by atoms with Gasteiger partial charge in [0.05, 0.1) is 16.0 Å². The van der Waals surface area contributed by atoms with Crippen molar-refractivity contribution >= 4 is 15.9 Å². The molecule has 0 bridgehead atoms. The molecule has 0 radical (unpaired) electrons. The van der Waals surface area contributed by atoms with Gasteiger partial charge in [-0.05, 0) is 56.2 Å². The molecule has 2 aliphatic heterocycles. The Morgan fingerprint density at radius 2 is 1.93 bits per heavy atom. The van der Waals surface area contributed by atoms with Crippen molar-refractivity contribution < 1.29 is 26.7 Å². The maximum absolute atomic E-state index is 13.4. The number of ether oxygens (including phenoxy) is 1. The highest BCUT2D eigenvalue weighted by atomic mass is 32.2. The highest BCUT2D eigenvalue weighted by molar-refractivity contribution is 7.89. The molecular formula is C20H21F2N3O4S. The molecule has 1 atom stereocenters. The topological polar surface area (TPSA) is 79.8 Å². The lowest BCUT2D eigenvalue weighted by molar-refractivity contribution is -0.0499. The number of carbonyl (C=O) groups excluding carboxylic acids is 1. The van der Waals surface area contributed by atoms with Crippen molar-refractivity contribution in [2.75, 3.05) is 19.6 Å². The van der Waals surface area contributed by atoms with Crippen molar-refractivity contribution in [3.8, 4) is 5.75 Å². The zero-order chi connectivity index (χ0) is 21.8. The van der Waals surface area contributed by atoms with Crippen molar-refractivity contribution in [1.29, 1.82) is 0 Å². The number of benzene rings is 1. The second-order valence-electron chi connectivity index (χ2n) is 7.75. The number of hydrogen-bond acceptors (Lipinski definition) is 5. The number of halogens is 2. The molecule has 3 heterocycles. The van der Waals surface area contributed by atoms with E-state index in [1.807, 2.05) is 19.9 Å². The number of fused-ring (bicyclic) bond motifs is 3. The van der Waals surface area contributed by atoms with Crippen molar-refractivity contribution in [1.82, 2.24) is 14.2 Å². The van der Waals surface area contributed by atoms with E-state index in [1.54, 1.807) is 11.1 Å². The van der Waals surface area contributed by atoms with Crippen molar-refractivity contribution in [2.24, 2.45) is 0 Å². The van der Waals surface area contributed by atoms with Gasteiger partial charge in [-0.15, -0.1) is 0 Å². The summed E-state index contributed by atoms with van der Waals surface area (Å²) in [4.78, 5) is 18.7. The summed E-state index contributed by atoms with van der Waals surface area (Å²) in [6.45, 7) is 2.69. The van der Waals surface area contributed by atoms with Gasteiger partial charge in [-0.3, -0.25) is 9.78 Å². The predicted octanol–water partition coefficient (Wildman–Crippen LogP) is 2.68. The number of sulfonamides is 1. The van der Waals surface area contributed by atoms with Gasteiger partial charge in [-0.2, -0.15) is 13.1 Å². The molecule has 2 aliphatic rings. The maximum Gasteiger partial charge on any atom is 0.387 e. The summed E-state index contributed by atoms with van der Waals surface area (Å²) in [5.74, 6) is -0.252. The summed E-state index contributed by atoms with van der Waals surface area (Å²) in [5.41, 5.74) is 1.50. The predicted molar refractivity (Wildman–Crippen MR) is 104 cm³/mol. The number of aromatic nitrogens is 1. The Balaban J connectivity index is 1.69. The number of pyridine rings is 1. The molecule has 10 heteroatoms. The van der Waals surface area contributed by atoms with Crippen molar-refractivity contribution in [3.63, 3.8) is 0 Å². The third-order valence-electron chi connectivity index (χ3n) is 5.74. The van der Waals surface area contributed by atoms with Gasteiger partial charge in [0, 0.05) is 31.5 Å². The van der Waals surface area contributed by atoms with Gasteiger partial charge in [0.25, 0.3) is 5.91 Å². The first-order valence-corrected chi connectivity index (χ1v) is 10.8. The average Bonchev–Trinajstić information content (AvgIpc) is 2.87. The van der Waals surface area contributed by atoms with Gasteiger partial charge in [0.15, 0.2) is 0 Å². The third-order valence-corrected chi connectivity index (χ3v) is 7.74. The van der Waals surface area contributed by atoms with Crippen LogP contribution in [0.3, 0.4) is 0 Å². The Bertz CT molecular complexity index is 1140. The molecule has 2 aromatic rings. The highest BCUT2D eigenvalue weighted by Gasteiger charge is 2.51. The van der Waals surface area contributed by atoms with Crippen molar-refractivity contribution in [3.05, 3.63) is 52.8 Å². The summed E-state index contributed by atoms with van der Waals surface area (Å²) in [6, 6.07) is 5.60. The van der Waals surface area contributed by atoms with Crippen LogP contribution in [0.2, 0.25) is 0 Å². The lowest BCUT2D eigenvalue weighted by atomic mass is 9.90. The van der Waals surface area contributed by atoms with E-state index in [0.29, 0.717) is 11.1 Å². The highest BCUT2D eigenvalue weighted by Crippen LogP contribution is 2.42. The van der Waals surface area contributed by atoms with Crippen LogP contribution in [0.4, 0.5) is 8.78 Å². The van der Waals surface area contributed by atoms with Gasteiger partial charge in [0.1, 0.15) is 5.75 Å². The van der Waals surface area contributed by atoms with Crippen LogP contribution in [0.1, 0.15) is 34.1 Å². The van der Waals surface area contributed by atoms with E-state index in [4.69, 9.17) is 0 Å². The van der Waals surface area contributed by atoms with Crippen LogP contribution in [0.15, 0.2) is 35.4 Å². The minimum atomic E-state index is -3.91. The van der Waals surface area contributed by atoms with E-state index in [0.717, 1.165) is 11.3 Å². The first kappa shape index (κ1) is 20.7. The van der Waals surface area contributed by atoms with Gasteiger partial charge in [-0.25, -0.2) is 8.42 Å². The first-order chi connectivity index (χ1) is 14.0. The van der Waals surface area contributed by atoms with Crippen LogP contribution < -0.4 is 4.74 Å². The summed E-state index contributed by atoms with van der Waals surface area (Å²) in [5, 5.41) is 0. The van der Waals surface area contributed by atoms with Gasteiger partial charge in [-0.1, -0.05) is 0 Å². The molecule has 1 unspecified atom stereocenters. The Morgan fingerprint density at radius 1 is 1.20 bits per heavy atom. The minimum absolute atomic E-state index is 0.0247. The monoisotopic (exact) mass is 437 g/mol. The second kappa shape index (κ2) is 6.98. The van der Waals surface area contributed by atoms with E-state index in [-0.39, 0.29) is 36.2 Å². The molecule has 1 amide bonds. The lowest BCUT2D eigenvalue weighted by Crippen LogP contribution is -2.58. The van der Waals surface area contributed by atoms with Crippen molar-refractivity contribution in [2.45, 2.75) is 37.8 Å². The molecule has 1 aromatic carbocycles. The van der Waals surface area contributed by atoms with Gasteiger partial charge < -0.3 is 9.64 Å². The summed E-state index contributed by atoms with van der Waals surface area (Å²) >= 11 is 0. The smallest absolute Gasteiger partial charge is 0.387 e. The SMILES string of the molecule is Cc1cc2c(cn1)C(=O)N1CCN(S(=O)(=O)c3ccc(OC(F)F)cc3C)CC21C. The fraction of sp³-hybridized carbons (Fsp3) is 0.400. The first-order valence-electron chi connectivity index (χ1n) is 9.39. The van der Waals surface area contributed by atoms with E-state index in [1.165, 1.54) is 29.4 Å². The lowest BCUT2D eigenvalue weighted by Gasteiger charge is -2.44. The maximum atomic E-state index is 13.4. The number of carbonyl (C=O) groups is 1. The molecule has 0 N–H and O–H groups in total. The Morgan fingerprint density at radius 3 is 2.60 bits per heavy atom. The minimum Gasteiger partial charge on any atom is -0.435 e. The zero-order valence-corrected chi connectivity index (χ0v) is 17.5. The molecule has 30 heavy (non-hydrogen) atoms. The molecule has 1 aromatic heterocycles. The second-order valence-corrected chi connectivity index (χ2v) is 9.65. The Kier molecular flexibility index (Phi) is 4.81. The van der Waals surface area contributed by atoms with E-state index in [9.17, 15) is 22.0 Å². The van der Waals surface area contributed by atoms with Crippen LogP contribution in [0.25, 0.3) is 0 Å². The molecule has 7 nitrogen and oxygen atoms in total. The molecule has 0 saturated carbocycles. The van der Waals surface area contributed by atoms with Crippen LogP contribution in [0.5, 0.6) is 5.75 Å². The quantitative estimate of drug-likeness (QED) is 0.735. The average molecular weight is 437 g/mol. The largest absolute Gasteiger partial charge is 0.435 e. The van der Waals surface area contributed by atoms with Crippen LogP contribution in [-0.2, 0) is 15.6 Å². The van der Waals surface area contributed by atoms with Crippen LogP contribution >= 0.6 is 0 Å². The molecule has 0 aliphatic carbocycles. The summed E-state index contributed by atoms with van der Waals surface area (Å²) in [6.07, 6.45) is 1.54. The van der Waals surface area contributed by atoms with E-state index >= 15 is 0 Å². The number of amides is 1. The standard InChI is InChI=1S/C20H21F2N3O4S/c1-12-8-14(29-19(21)22)4-5-17(12)30(27,28)24-6-7-25-18(26)15-10-23-13(2)9-16(15)20(25,3)11-24/h4-5,8-10,19H,6-7,11H2,1-3H3. The molecule has 1 saturated heterocycles. The third kappa shape index (κ3) is 3.14. The Hall–Kier alpha value is -2.59. The summed E-state index contributed by atoms with van der Waals surface area (Å²) in [7, 11) is -3.91. The fourth-order valence-electron chi connectivity index (χ4n) is 4.28. The van der Waals surface area contributed by atoms with E-state index < -0.39 is 22.2 Å². The fourth-order valence-corrected chi connectivity index (χ4v) is 6.00. The van der Waals surface area contributed by atoms with E-state index in [2.05, 4.69) is 9.72 Å². The number of hydrogen-bond donors (Lipinski definition) is 0. The van der Waals surface area contributed by atoms with Crippen LogP contribution in [-0.4, -0.2) is 54.8 Å². The number of piperazine rings is 1. The number of alkyl halides is 2. The molecule has 160 valence electrons. The van der Waals surface area contributed by atoms with Crippen LogP contribution in [0, 0.1) is 13.8 Å². The van der Waals surface area contributed by atoms with Gasteiger partial charge >= 0.3 is 6.61 Å². The zero-order valence-electron chi connectivity index (χ0n) is 16.7. The molecule has 4 rings (SSSR count). The summed E-state index contributed by atoms with van der Waals surface area (Å²) < 4.78 is 57.3.